The Labute approximate surface area is 117 Å². The fourth-order valence-corrected chi connectivity index (χ4v) is 2.54. The molecule has 0 aliphatic rings. The first-order valence-electron chi connectivity index (χ1n) is 6.03. The maximum absolute atomic E-state index is 4.23. The van der Waals surface area contributed by atoms with Crippen molar-refractivity contribution in [3.63, 3.8) is 0 Å². The number of aromatic nitrogens is 1. The van der Waals surface area contributed by atoms with E-state index in [9.17, 15) is 0 Å². The molecule has 3 heteroatoms. The van der Waals surface area contributed by atoms with Gasteiger partial charge in [-0.2, -0.15) is 0 Å². The molecular formula is C15H17BrN2. The Kier molecular flexibility index (Phi) is 4.50. The Balaban J connectivity index is 2.26. The van der Waals surface area contributed by atoms with Gasteiger partial charge in [0.15, 0.2) is 0 Å². The van der Waals surface area contributed by atoms with Gasteiger partial charge in [0.05, 0.1) is 0 Å². The first kappa shape index (κ1) is 13.2. The van der Waals surface area contributed by atoms with Crippen LogP contribution in [0.4, 0.5) is 0 Å². The monoisotopic (exact) mass is 304 g/mol. The number of pyridine rings is 1. The van der Waals surface area contributed by atoms with Crippen LogP contribution in [0.2, 0.25) is 0 Å². The van der Waals surface area contributed by atoms with Gasteiger partial charge in [0.2, 0.25) is 0 Å². The van der Waals surface area contributed by atoms with Crippen LogP contribution in [0.3, 0.4) is 0 Å². The van der Waals surface area contributed by atoms with Crippen molar-refractivity contribution in [1.82, 2.24) is 10.3 Å². The standard InChI is InChI=1S/C15H17BrN2/c1-11-7-8-18-10-13(11)15(17-2)9-12-5-3-4-6-14(12)16/h3-8,10,15,17H,9H2,1-2H3. The largest absolute Gasteiger partial charge is 0.313 e. The Bertz CT molecular complexity index is 525. The van der Waals surface area contributed by atoms with E-state index in [0.717, 1.165) is 10.9 Å². The molecule has 1 N–H and O–H groups in total. The number of benzene rings is 1. The lowest BCUT2D eigenvalue weighted by atomic mass is 9.97. The molecule has 0 saturated heterocycles. The summed E-state index contributed by atoms with van der Waals surface area (Å²) in [5.41, 5.74) is 3.84. The van der Waals surface area contributed by atoms with E-state index in [4.69, 9.17) is 0 Å². The second-order valence-electron chi connectivity index (χ2n) is 4.37. The third kappa shape index (κ3) is 2.98. The summed E-state index contributed by atoms with van der Waals surface area (Å²) >= 11 is 3.60. The molecule has 0 spiro atoms. The lowest BCUT2D eigenvalue weighted by molar-refractivity contribution is 0.585. The van der Waals surface area contributed by atoms with Gasteiger partial charge in [-0.05, 0) is 49.2 Å². The third-order valence-corrected chi connectivity index (χ3v) is 3.96. The third-order valence-electron chi connectivity index (χ3n) is 3.19. The first-order valence-corrected chi connectivity index (χ1v) is 6.83. The number of halogens is 1. The molecular weight excluding hydrogens is 288 g/mol. The summed E-state index contributed by atoms with van der Waals surface area (Å²) in [6.45, 7) is 2.13. The van der Waals surface area contributed by atoms with Gasteiger partial charge >= 0.3 is 0 Å². The number of nitrogens with zero attached hydrogens (tertiary/aromatic N) is 1. The highest BCUT2D eigenvalue weighted by Crippen LogP contribution is 2.24. The van der Waals surface area contributed by atoms with Crippen LogP contribution >= 0.6 is 15.9 Å². The zero-order valence-electron chi connectivity index (χ0n) is 10.7. The molecule has 2 aromatic rings. The Morgan fingerprint density at radius 2 is 2.06 bits per heavy atom. The van der Waals surface area contributed by atoms with E-state index in [1.807, 2.05) is 25.5 Å². The predicted octanol–water partition coefficient (Wildman–Crippen LogP) is 3.66. The van der Waals surface area contributed by atoms with Crippen LogP contribution < -0.4 is 5.32 Å². The minimum atomic E-state index is 0.289. The molecule has 1 aromatic heterocycles. The van der Waals surface area contributed by atoms with Gasteiger partial charge in [0.1, 0.15) is 0 Å². The van der Waals surface area contributed by atoms with Crippen molar-refractivity contribution in [2.45, 2.75) is 19.4 Å². The van der Waals surface area contributed by atoms with Crippen LogP contribution in [0.1, 0.15) is 22.7 Å². The predicted molar refractivity (Wildman–Crippen MR) is 78.6 cm³/mol. The lowest BCUT2D eigenvalue weighted by Gasteiger charge is -2.19. The number of rotatable bonds is 4. The van der Waals surface area contributed by atoms with Crippen molar-refractivity contribution in [1.29, 1.82) is 0 Å². The molecule has 1 atom stereocenters. The van der Waals surface area contributed by atoms with Crippen molar-refractivity contribution < 1.29 is 0 Å². The van der Waals surface area contributed by atoms with Gasteiger partial charge in [-0.3, -0.25) is 4.98 Å². The molecule has 94 valence electrons. The molecule has 0 aliphatic heterocycles. The average molecular weight is 305 g/mol. The maximum atomic E-state index is 4.23. The second kappa shape index (κ2) is 6.12. The van der Waals surface area contributed by atoms with Gasteiger partial charge in [-0.1, -0.05) is 34.1 Å². The van der Waals surface area contributed by atoms with E-state index in [2.05, 4.69) is 57.4 Å². The summed E-state index contributed by atoms with van der Waals surface area (Å²) in [5, 5.41) is 3.37. The summed E-state index contributed by atoms with van der Waals surface area (Å²) < 4.78 is 1.16. The second-order valence-corrected chi connectivity index (χ2v) is 5.22. The average Bonchev–Trinajstić information content (AvgIpc) is 2.39. The van der Waals surface area contributed by atoms with Crippen molar-refractivity contribution in [2.24, 2.45) is 0 Å². The summed E-state index contributed by atoms with van der Waals surface area (Å²) in [6.07, 6.45) is 4.74. The lowest BCUT2D eigenvalue weighted by Crippen LogP contribution is -2.20. The summed E-state index contributed by atoms with van der Waals surface area (Å²) in [6, 6.07) is 10.7. The zero-order chi connectivity index (χ0) is 13.0. The van der Waals surface area contributed by atoms with Gasteiger partial charge < -0.3 is 5.32 Å². The van der Waals surface area contributed by atoms with E-state index >= 15 is 0 Å². The van der Waals surface area contributed by atoms with Gasteiger partial charge in [-0.15, -0.1) is 0 Å². The Hall–Kier alpha value is -1.19. The van der Waals surface area contributed by atoms with E-state index in [-0.39, 0.29) is 6.04 Å². The first-order chi connectivity index (χ1) is 8.72. The number of hydrogen-bond donors (Lipinski definition) is 1. The minimum Gasteiger partial charge on any atom is -0.313 e. The minimum absolute atomic E-state index is 0.289. The SMILES string of the molecule is CNC(Cc1ccccc1Br)c1cnccc1C. The highest BCUT2D eigenvalue weighted by atomic mass is 79.9. The van der Waals surface area contributed by atoms with Crippen LogP contribution in [-0.2, 0) is 6.42 Å². The molecule has 1 unspecified atom stereocenters. The van der Waals surface area contributed by atoms with Gasteiger partial charge in [0.25, 0.3) is 0 Å². The molecule has 0 fully saturated rings. The number of likely N-dealkylation sites (N-methyl/N-ethyl adjacent to an activating group) is 1. The smallest absolute Gasteiger partial charge is 0.0376 e. The fraction of sp³-hybridized carbons (Fsp3) is 0.267. The topological polar surface area (TPSA) is 24.9 Å². The molecule has 0 radical (unpaired) electrons. The highest BCUT2D eigenvalue weighted by Gasteiger charge is 2.13. The molecule has 0 bridgehead atoms. The molecule has 18 heavy (non-hydrogen) atoms. The van der Waals surface area contributed by atoms with Gasteiger partial charge in [-0.25, -0.2) is 0 Å². The number of hydrogen-bond acceptors (Lipinski definition) is 2. The summed E-state index contributed by atoms with van der Waals surface area (Å²) in [5.74, 6) is 0. The highest BCUT2D eigenvalue weighted by molar-refractivity contribution is 9.10. The van der Waals surface area contributed by atoms with E-state index in [0.29, 0.717) is 0 Å². The number of nitrogens with one attached hydrogen (secondary N) is 1. The summed E-state index contributed by atoms with van der Waals surface area (Å²) in [4.78, 5) is 4.23. The van der Waals surface area contributed by atoms with Gasteiger partial charge in [0, 0.05) is 22.9 Å². The molecule has 0 amide bonds. The van der Waals surface area contributed by atoms with Crippen LogP contribution in [0, 0.1) is 6.92 Å². The molecule has 1 aromatic carbocycles. The number of aryl methyl sites for hydroxylation is 1. The normalized spacial score (nSPS) is 12.4. The van der Waals surface area contributed by atoms with Crippen LogP contribution in [0.5, 0.6) is 0 Å². The van der Waals surface area contributed by atoms with E-state index in [1.165, 1.54) is 16.7 Å². The molecule has 2 rings (SSSR count). The Morgan fingerprint density at radius 3 is 2.72 bits per heavy atom. The van der Waals surface area contributed by atoms with Crippen LogP contribution in [0.25, 0.3) is 0 Å². The Morgan fingerprint density at radius 1 is 1.28 bits per heavy atom. The van der Waals surface area contributed by atoms with E-state index < -0.39 is 0 Å². The van der Waals surface area contributed by atoms with Crippen molar-refractivity contribution in [3.05, 3.63) is 63.9 Å². The zero-order valence-corrected chi connectivity index (χ0v) is 12.2. The fourth-order valence-electron chi connectivity index (χ4n) is 2.09. The van der Waals surface area contributed by atoms with E-state index in [1.54, 1.807) is 0 Å². The maximum Gasteiger partial charge on any atom is 0.0376 e. The molecule has 1 heterocycles. The quantitative estimate of drug-likeness (QED) is 0.932. The molecule has 0 aliphatic carbocycles. The molecule has 2 nitrogen and oxygen atoms in total. The van der Waals surface area contributed by atoms with Crippen molar-refractivity contribution in [2.75, 3.05) is 7.05 Å². The molecule has 0 saturated carbocycles. The van der Waals surface area contributed by atoms with Crippen molar-refractivity contribution in [3.8, 4) is 0 Å². The van der Waals surface area contributed by atoms with Crippen LogP contribution in [0.15, 0.2) is 47.2 Å². The van der Waals surface area contributed by atoms with Crippen molar-refractivity contribution >= 4 is 15.9 Å². The van der Waals surface area contributed by atoms with Crippen LogP contribution in [-0.4, -0.2) is 12.0 Å². The summed E-state index contributed by atoms with van der Waals surface area (Å²) in [7, 11) is 1.99.